The van der Waals surface area contributed by atoms with Gasteiger partial charge < -0.3 is 20.7 Å². The average Bonchev–Trinajstić information content (AvgIpc) is 3.39. The van der Waals surface area contributed by atoms with Gasteiger partial charge in [-0.1, -0.05) is 60.3 Å². The monoisotopic (exact) mass is 693 g/mol. The van der Waals surface area contributed by atoms with Gasteiger partial charge >= 0.3 is 0 Å². The number of ether oxygens (including phenoxy) is 1. The molecule has 0 bridgehead atoms. The molecule has 40 heavy (non-hydrogen) atoms. The summed E-state index contributed by atoms with van der Waals surface area (Å²) in [7, 11) is -3.04. The van der Waals surface area contributed by atoms with Gasteiger partial charge in [0.2, 0.25) is 3.68 Å². The van der Waals surface area contributed by atoms with Gasteiger partial charge in [0.25, 0.3) is 0 Å². The second-order valence-corrected chi connectivity index (χ2v) is 14.5. The van der Waals surface area contributed by atoms with E-state index in [0.29, 0.717) is 17.7 Å². The zero-order chi connectivity index (χ0) is 28.4. The van der Waals surface area contributed by atoms with E-state index in [2.05, 4.69) is 20.9 Å². The molecule has 5 N–H and O–H groups in total. The first kappa shape index (κ1) is 28.9. The van der Waals surface area contributed by atoms with Crippen molar-refractivity contribution < 1.29 is 17.5 Å². The molecule has 12 heteroatoms. The van der Waals surface area contributed by atoms with Crippen molar-refractivity contribution in [2.24, 2.45) is 10.7 Å². The van der Waals surface area contributed by atoms with Gasteiger partial charge in [0.15, 0.2) is 5.66 Å². The number of nitrogens with zero attached hydrogens (tertiary/aromatic N) is 1. The third kappa shape index (κ3) is 6.46. The maximum atomic E-state index is 15.9. The Morgan fingerprint density at radius 2 is 2.08 bits per heavy atom. The van der Waals surface area contributed by atoms with Gasteiger partial charge in [-0.2, -0.15) is 0 Å². The molecule has 210 valence electrons. The van der Waals surface area contributed by atoms with Gasteiger partial charge in [0.05, 0.1) is 29.4 Å². The average molecular weight is 694 g/mol. The van der Waals surface area contributed by atoms with Crippen molar-refractivity contribution in [2.75, 3.05) is 23.9 Å². The van der Waals surface area contributed by atoms with Crippen molar-refractivity contribution in [3.8, 4) is 0 Å². The van der Waals surface area contributed by atoms with Crippen molar-refractivity contribution in [3.05, 3.63) is 106 Å². The van der Waals surface area contributed by atoms with Crippen LogP contribution in [0.15, 0.2) is 94.0 Å². The molecule has 0 aromatic heterocycles. The molecule has 2 aliphatic heterocycles. The molecule has 3 unspecified atom stereocenters. The molecule has 0 amide bonds. The van der Waals surface area contributed by atoms with E-state index >= 15 is 4.39 Å². The van der Waals surface area contributed by atoms with E-state index in [4.69, 9.17) is 10.5 Å². The number of allylic oxidation sites excluding steroid dienone is 2. The van der Waals surface area contributed by atoms with E-state index in [0.717, 1.165) is 27.5 Å². The number of hydrogen-bond acceptors (Lipinski definition) is 9. The SMILES string of the molecule is CS(=O)(=O)CCNC=C1NC(c2ccc3c(c2)C(N)(C2=CC=CC(F)(I)C2OCc2ccccc2)N=CN3)=CS1. The molecule has 1 aliphatic carbocycles. The molecular formula is C28H29FIN5O3S2. The molecule has 5 rings (SSSR count). The summed E-state index contributed by atoms with van der Waals surface area (Å²) >= 11 is 3.24. The minimum absolute atomic E-state index is 0.0527. The first-order valence-corrected chi connectivity index (χ1v) is 16.5. The Labute approximate surface area is 251 Å². The number of sulfone groups is 1. The number of aliphatic imine (C=N–C) groups is 1. The summed E-state index contributed by atoms with van der Waals surface area (Å²) in [6.45, 7) is 0.541. The van der Waals surface area contributed by atoms with Crippen LogP contribution in [0.1, 0.15) is 16.7 Å². The minimum Gasteiger partial charge on any atom is -0.388 e. The standard InChI is InChI=1S/C28H29FIN5O3S2/c1-40(36,37)13-12-32-15-25-35-24(17-39-25)20-9-10-23-22(14-20)28(31,34-18-33-23)21-8-5-11-27(29,30)26(21)38-16-19-6-3-2-4-7-19/h2-11,14-15,17-18,26,32,35H,12-13,16,31H2,1H3,(H,33,34). The van der Waals surface area contributed by atoms with Gasteiger partial charge in [0, 0.05) is 41.2 Å². The van der Waals surface area contributed by atoms with Gasteiger partial charge in [-0.25, -0.2) is 17.8 Å². The lowest BCUT2D eigenvalue weighted by Crippen LogP contribution is -2.49. The summed E-state index contributed by atoms with van der Waals surface area (Å²) in [5, 5.41) is 12.3. The predicted molar refractivity (Wildman–Crippen MR) is 169 cm³/mol. The number of benzene rings is 2. The molecule has 8 nitrogen and oxygen atoms in total. The van der Waals surface area contributed by atoms with Gasteiger partial charge in [-0.05, 0) is 51.9 Å². The molecule has 0 saturated carbocycles. The first-order valence-electron chi connectivity index (χ1n) is 12.5. The summed E-state index contributed by atoms with van der Waals surface area (Å²) in [6.07, 6.45) is 8.45. The number of nitrogens with two attached hydrogens (primary N) is 1. The fourth-order valence-corrected chi connectivity index (χ4v) is 6.51. The predicted octanol–water partition coefficient (Wildman–Crippen LogP) is 4.50. The Bertz CT molecular complexity index is 1540. The van der Waals surface area contributed by atoms with E-state index in [9.17, 15) is 8.42 Å². The smallest absolute Gasteiger partial charge is 0.209 e. The number of alkyl halides is 2. The molecular weight excluding hydrogens is 664 g/mol. The highest BCUT2D eigenvalue weighted by Crippen LogP contribution is 2.46. The molecule has 2 heterocycles. The first-order chi connectivity index (χ1) is 19.1. The number of halogens is 2. The van der Waals surface area contributed by atoms with Crippen LogP contribution in [0.2, 0.25) is 0 Å². The van der Waals surface area contributed by atoms with Crippen LogP contribution in [0.4, 0.5) is 10.1 Å². The molecule has 2 aromatic rings. The number of nitrogens with one attached hydrogen (secondary N) is 3. The lowest BCUT2D eigenvalue weighted by molar-refractivity contribution is 0.0106. The summed E-state index contributed by atoms with van der Waals surface area (Å²) in [5.41, 5.74) is 10.3. The molecule has 0 radical (unpaired) electrons. The summed E-state index contributed by atoms with van der Waals surface area (Å²) in [6, 6.07) is 15.4. The van der Waals surface area contributed by atoms with Crippen LogP contribution >= 0.6 is 34.4 Å². The van der Waals surface area contributed by atoms with Crippen LogP contribution < -0.4 is 21.7 Å². The van der Waals surface area contributed by atoms with Crippen LogP contribution in [0.3, 0.4) is 0 Å². The van der Waals surface area contributed by atoms with E-state index in [1.54, 1.807) is 40.9 Å². The number of thioether (sulfide) groups is 1. The quantitative estimate of drug-likeness (QED) is 0.173. The van der Waals surface area contributed by atoms with Gasteiger partial charge in [-0.3, -0.25) is 5.73 Å². The largest absolute Gasteiger partial charge is 0.388 e. The molecule has 3 aliphatic rings. The highest BCUT2D eigenvalue weighted by Gasteiger charge is 2.48. The summed E-state index contributed by atoms with van der Waals surface area (Å²) in [4.78, 5) is 4.62. The van der Waals surface area contributed by atoms with Crippen LogP contribution in [0, 0.1) is 0 Å². The van der Waals surface area contributed by atoms with E-state index < -0.39 is 25.3 Å². The van der Waals surface area contributed by atoms with Crippen molar-refractivity contribution in [1.82, 2.24) is 10.6 Å². The topological polar surface area (TPSA) is 118 Å². The number of hydrogen-bond donors (Lipinski definition) is 4. The molecule has 3 atom stereocenters. The Morgan fingerprint density at radius 3 is 2.85 bits per heavy atom. The van der Waals surface area contributed by atoms with Crippen LogP contribution in [0.25, 0.3) is 5.70 Å². The zero-order valence-electron chi connectivity index (χ0n) is 21.6. The van der Waals surface area contributed by atoms with E-state index in [1.807, 2.05) is 53.9 Å². The lowest BCUT2D eigenvalue weighted by Gasteiger charge is -2.40. The second-order valence-electron chi connectivity index (χ2n) is 9.63. The van der Waals surface area contributed by atoms with Gasteiger partial charge in [-0.15, -0.1) is 0 Å². The molecule has 0 fully saturated rings. The zero-order valence-corrected chi connectivity index (χ0v) is 25.4. The third-order valence-electron chi connectivity index (χ3n) is 6.57. The van der Waals surface area contributed by atoms with Crippen molar-refractivity contribution in [3.63, 3.8) is 0 Å². The normalized spacial score (nSPS) is 26.5. The summed E-state index contributed by atoms with van der Waals surface area (Å²) in [5.74, 6) is 0.0527. The fraction of sp³-hybridized carbons (Fsp3) is 0.250. The highest BCUT2D eigenvalue weighted by molar-refractivity contribution is 14.1. The Hall–Kier alpha value is -2.65. The van der Waals surface area contributed by atoms with E-state index in [-0.39, 0.29) is 12.4 Å². The van der Waals surface area contributed by atoms with E-state index in [1.165, 1.54) is 30.4 Å². The van der Waals surface area contributed by atoms with Crippen LogP contribution in [-0.2, 0) is 26.8 Å². The highest BCUT2D eigenvalue weighted by atomic mass is 127. The summed E-state index contributed by atoms with van der Waals surface area (Å²) < 4.78 is 43.0. The Morgan fingerprint density at radius 1 is 1.27 bits per heavy atom. The number of anilines is 1. The maximum absolute atomic E-state index is 15.9. The second kappa shape index (κ2) is 11.7. The fourth-order valence-electron chi connectivity index (χ4n) is 4.53. The molecule has 0 saturated heterocycles. The minimum atomic E-state index is -3.04. The van der Waals surface area contributed by atoms with Crippen LogP contribution in [-0.4, -0.2) is 43.1 Å². The third-order valence-corrected chi connectivity index (χ3v) is 9.27. The van der Waals surface area contributed by atoms with Gasteiger partial charge in [0.1, 0.15) is 15.9 Å². The number of fused-ring (bicyclic) bond motifs is 1. The molecule has 0 spiro atoms. The van der Waals surface area contributed by atoms with Crippen molar-refractivity contribution >= 4 is 61.9 Å². The van der Waals surface area contributed by atoms with Crippen molar-refractivity contribution in [2.45, 2.75) is 22.0 Å². The number of rotatable bonds is 9. The molecule has 2 aromatic carbocycles. The van der Waals surface area contributed by atoms with Crippen molar-refractivity contribution in [1.29, 1.82) is 0 Å². The van der Waals surface area contributed by atoms with Crippen LogP contribution in [0.5, 0.6) is 0 Å². The Balaban J connectivity index is 1.39. The maximum Gasteiger partial charge on any atom is 0.209 e. The Kier molecular flexibility index (Phi) is 8.43. The lowest BCUT2D eigenvalue weighted by atomic mass is 9.82.